The third kappa shape index (κ3) is 3.25. The van der Waals surface area contributed by atoms with Gasteiger partial charge in [0.15, 0.2) is 0 Å². The fraction of sp³-hybridized carbons (Fsp3) is 0.222. The van der Waals surface area contributed by atoms with E-state index in [1.54, 1.807) is 0 Å². The molecule has 0 saturated heterocycles. The number of halogens is 3. The van der Waals surface area contributed by atoms with Crippen LogP contribution < -0.4 is 5.32 Å². The average Bonchev–Trinajstić information content (AvgIpc) is 2.17. The molecule has 6 heteroatoms. The summed E-state index contributed by atoms with van der Waals surface area (Å²) in [5.41, 5.74) is -1.06. The second-order valence-electron chi connectivity index (χ2n) is 2.74. The Kier molecular flexibility index (Phi) is 3.77. The number of carbonyl (C=O) groups is 1. The molecule has 0 saturated carbocycles. The Morgan fingerprint density at radius 1 is 1.33 bits per heavy atom. The van der Waals surface area contributed by atoms with Crippen LogP contribution in [0.3, 0.4) is 0 Å². The van der Waals surface area contributed by atoms with Crippen molar-refractivity contribution in [2.45, 2.75) is 11.5 Å². The molecule has 1 amide bonds. The molecule has 0 aliphatic heterocycles. The summed E-state index contributed by atoms with van der Waals surface area (Å²) in [6.45, 7) is 0. The van der Waals surface area contributed by atoms with Crippen molar-refractivity contribution in [3.8, 4) is 0 Å². The number of hydrogen-bond donors (Lipinski definition) is 1. The average molecular weight is 281 g/mol. The molecule has 0 fully saturated rings. The zero-order valence-electron chi connectivity index (χ0n) is 7.47. The summed E-state index contributed by atoms with van der Waals surface area (Å²) in [6, 6.07) is 4.85. The molecule has 1 N–H and O–H groups in total. The minimum atomic E-state index is -4.46. The molecular formula is C9H7F3NOSe. The van der Waals surface area contributed by atoms with E-state index in [0.29, 0.717) is 0 Å². The van der Waals surface area contributed by atoms with Gasteiger partial charge in [0.1, 0.15) is 0 Å². The van der Waals surface area contributed by atoms with Crippen LogP contribution in [0.25, 0.3) is 0 Å². The van der Waals surface area contributed by atoms with E-state index < -0.39 is 17.6 Å². The van der Waals surface area contributed by atoms with Gasteiger partial charge < -0.3 is 0 Å². The van der Waals surface area contributed by atoms with Crippen LogP contribution in [0.5, 0.6) is 0 Å². The van der Waals surface area contributed by atoms with Crippen LogP contribution in [0.1, 0.15) is 5.56 Å². The normalized spacial score (nSPS) is 11.2. The zero-order valence-corrected chi connectivity index (χ0v) is 9.18. The summed E-state index contributed by atoms with van der Waals surface area (Å²) in [5.74, 6) is -0.494. The van der Waals surface area contributed by atoms with Crippen molar-refractivity contribution in [2.24, 2.45) is 0 Å². The predicted octanol–water partition coefficient (Wildman–Crippen LogP) is 2.23. The van der Waals surface area contributed by atoms with Gasteiger partial charge in [-0.3, -0.25) is 0 Å². The Hall–Kier alpha value is -1.00. The first-order valence-electron chi connectivity index (χ1n) is 3.99. The predicted molar refractivity (Wildman–Crippen MR) is 50.6 cm³/mol. The maximum absolute atomic E-state index is 12.4. The van der Waals surface area contributed by atoms with E-state index in [4.69, 9.17) is 0 Å². The van der Waals surface area contributed by atoms with Crippen molar-refractivity contribution in [3.63, 3.8) is 0 Å². The first kappa shape index (κ1) is 12.1. The number of amides is 1. The SMILES string of the molecule is O=C(C[Se])Nc1ccccc1C(F)(F)F. The number of para-hydroxylation sites is 1. The monoisotopic (exact) mass is 282 g/mol. The topological polar surface area (TPSA) is 29.1 Å². The van der Waals surface area contributed by atoms with E-state index in [1.807, 2.05) is 0 Å². The van der Waals surface area contributed by atoms with Crippen LogP contribution in [-0.4, -0.2) is 21.9 Å². The first-order valence-corrected chi connectivity index (χ1v) is 5.20. The third-order valence-corrected chi connectivity index (χ3v) is 2.19. The van der Waals surface area contributed by atoms with Crippen molar-refractivity contribution in [3.05, 3.63) is 29.8 Å². The van der Waals surface area contributed by atoms with Crippen molar-refractivity contribution in [1.29, 1.82) is 0 Å². The van der Waals surface area contributed by atoms with Gasteiger partial charge in [0.2, 0.25) is 0 Å². The molecule has 1 radical (unpaired) electrons. The van der Waals surface area contributed by atoms with Crippen LogP contribution in [-0.2, 0) is 11.0 Å². The van der Waals surface area contributed by atoms with E-state index in [0.717, 1.165) is 6.07 Å². The van der Waals surface area contributed by atoms with Crippen LogP contribution >= 0.6 is 0 Å². The fourth-order valence-corrected chi connectivity index (χ4v) is 1.18. The number of nitrogens with one attached hydrogen (secondary N) is 1. The number of rotatable bonds is 2. The van der Waals surface area contributed by atoms with E-state index in [1.165, 1.54) is 18.2 Å². The molecule has 0 bridgehead atoms. The molecule has 0 aromatic heterocycles. The van der Waals surface area contributed by atoms with Gasteiger partial charge >= 0.3 is 92.2 Å². The number of carbonyl (C=O) groups excluding carboxylic acids is 1. The molecule has 0 aliphatic rings. The quantitative estimate of drug-likeness (QED) is 0.827. The van der Waals surface area contributed by atoms with E-state index in [9.17, 15) is 18.0 Å². The van der Waals surface area contributed by atoms with Crippen LogP contribution in [0.2, 0.25) is 5.32 Å². The fourth-order valence-electron chi connectivity index (χ4n) is 1.03. The number of benzene rings is 1. The summed E-state index contributed by atoms with van der Waals surface area (Å²) in [7, 11) is 0. The van der Waals surface area contributed by atoms with Crippen molar-refractivity contribution in [1.82, 2.24) is 0 Å². The van der Waals surface area contributed by atoms with Crippen molar-refractivity contribution < 1.29 is 18.0 Å². The van der Waals surface area contributed by atoms with Gasteiger partial charge in [-0.1, -0.05) is 0 Å². The molecule has 81 valence electrons. The van der Waals surface area contributed by atoms with E-state index in [-0.39, 0.29) is 11.0 Å². The second-order valence-corrected chi connectivity index (χ2v) is 3.34. The summed E-state index contributed by atoms with van der Waals surface area (Å²) in [4.78, 5) is 11.0. The molecule has 0 aliphatic carbocycles. The molecule has 0 atom stereocenters. The van der Waals surface area contributed by atoms with Crippen molar-refractivity contribution >= 4 is 27.6 Å². The van der Waals surface area contributed by atoms with Gasteiger partial charge in [-0.2, -0.15) is 0 Å². The van der Waals surface area contributed by atoms with Gasteiger partial charge in [-0.05, 0) is 0 Å². The minimum absolute atomic E-state index is 0.0200. The van der Waals surface area contributed by atoms with E-state index >= 15 is 0 Å². The van der Waals surface area contributed by atoms with Crippen LogP contribution in [0.15, 0.2) is 24.3 Å². The third-order valence-electron chi connectivity index (χ3n) is 1.64. The Balaban J connectivity index is 3.02. The molecule has 0 spiro atoms. The second kappa shape index (κ2) is 4.68. The first-order chi connectivity index (χ1) is 6.95. The molecule has 15 heavy (non-hydrogen) atoms. The van der Waals surface area contributed by atoms with Gasteiger partial charge in [0.05, 0.1) is 0 Å². The molecule has 1 aromatic rings. The molecule has 0 heterocycles. The Morgan fingerprint density at radius 2 is 1.93 bits per heavy atom. The van der Waals surface area contributed by atoms with Crippen molar-refractivity contribution in [2.75, 3.05) is 5.32 Å². The standard InChI is InChI=1S/C9H7F3NOSe/c10-9(11,12)6-3-1-2-4-7(6)13-8(14)5-15/h1-4H,5H2,(H,13,14). The molecule has 1 rings (SSSR count). The van der Waals surface area contributed by atoms with Gasteiger partial charge in [0, 0.05) is 0 Å². The molecular weight excluding hydrogens is 274 g/mol. The van der Waals surface area contributed by atoms with Crippen LogP contribution in [0.4, 0.5) is 18.9 Å². The van der Waals surface area contributed by atoms with Gasteiger partial charge in [0.25, 0.3) is 0 Å². The molecule has 0 unspecified atom stereocenters. The summed E-state index contributed by atoms with van der Waals surface area (Å²) >= 11 is 2.43. The Bertz CT molecular complexity index is 365. The van der Waals surface area contributed by atoms with Crippen LogP contribution in [0, 0.1) is 0 Å². The number of anilines is 1. The Morgan fingerprint density at radius 3 is 2.47 bits per heavy atom. The zero-order chi connectivity index (χ0) is 11.5. The number of hydrogen-bond acceptors (Lipinski definition) is 1. The maximum atomic E-state index is 12.4. The van der Waals surface area contributed by atoms with Gasteiger partial charge in [-0.25, -0.2) is 0 Å². The summed E-state index contributed by atoms with van der Waals surface area (Å²) in [6.07, 6.45) is -4.46. The summed E-state index contributed by atoms with van der Waals surface area (Å²) in [5, 5.41) is 2.20. The summed E-state index contributed by atoms with van der Waals surface area (Å²) < 4.78 is 37.3. The number of alkyl halides is 3. The Labute approximate surface area is 92.7 Å². The molecule has 2 nitrogen and oxygen atoms in total. The van der Waals surface area contributed by atoms with E-state index in [2.05, 4.69) is 21.3 Å². The van der Waals surface area contributed by atoms with Gasteiger partial charge in [-0.15, -0.1) is 0 Å². The molecule has 1 aromatic carbocycles.